The van der Waals surface area contributed by atoms with Gasteiger partial charge in [-0.3, -0.25) is 4.79 Å². The fraction of sp³-hybridized carbons (Fsp3) is 0.538. The molecular weight excluding hydrogens is 230 g/mol. The topological polar surface area (TPSA) is 81.8 Å². The van der Waals surface area contributed by atoms with Gasteiger partial charge >= 0.3 is 0 Å². The Hall–Kier alpha value is -1.62. The number of aliphatic hydroxyl groups excluding tert-OH is 1. The van der Waals surface area contributed by atoms with E-state index < -0.39 is 0 Å². The Morgan fingerprint density at radius 1 is 1.39 bits per heavy atom. The van der Waals surface area contributed by atoms with Crippen LogP contribution in [0.15, 0.2) is 17.3 Å². The van der Waals surface area contributed by atoms with Crippen molar-refractivity contribution in [2.75, 3.05) is 0 Å². The average Bonchev–Trinajstić information content (AvgIpc) is 2.75. The number of rotatable bonds is 6. The zero-order valence-electron chi connectivity index (χ0n) is 10.6. The first kappa shape index (κ1) is 12.8. The van der Waals surface area contributed by atoms with Gasteiger partial charge < -0.3 is 15.1 Å². The van der Waals surface area contributed by atoms with E-state index in [1.807, 2.05) is 6.20 Å². The fourth-order valence-corrected chi connectivity index (χ4v) is 2.20. The van der Waals surface area contributed by atoms with Crippen molar-refractivity contribution in [3.8, 4) is 0 Å². The Kier molecular flexibility index (Phi) is 4.15. The molecule has 5 nitrogen and oxygen atoms in total. The predicted octanol–water partition coefficient (Wildman–Crippen LogP) is 1.73. The normalized spacial score (nSPS) is 13.0. The van der Waals surface area contributed by atoms with Gasteiger partial charge in [0.25, 0.3) is 5.56 Å². The lowest BCUT2D eigenvalue weighted by Crippen LogP contribution is -2.07. The van der Waals surface area contributed by atoms with Gasteiger partial charge in [-0.05, 0) is 31.2 Å². The molecular formula is C13H19N3O2. The fourth-order valence-electron chi connectivity index (χ4n) is 2.20. The van der Waals surface area contributed by atoms with E-state index in [0.29, 0.717) is 5.52 Å². The van der Waals surface area contributed by atoms with Crippen LogP contribution in [0.5, 0.6) is 0 Å². The lowest BCUT2D eigenvalue weighted by molar-refractivity contribution is 0.151. The monoisotopic (exact) mass is 249 g/mol. The Labute approximate surface area is 105 Å². The van der Waals surface area contributed by atoms with Crippen molar-refractivity contribution in [1.29, 1.82) is 0 Å². The van der Waals surface area contributed by atoms with E-state index in [4.69, 9.17) is 0 Å². The lowest BCUT2D eigenvalue weighted by atomic mass is 10.0. The van der Waals surface area contributed by atoms with E-state index in [1.165, 1.54) is 6.33 Å². The zero-order chi connectivity index (χ0) is 13.0. The first-order chi connectivity index (χ1) is 8.72. The highest BCUT2D eigenvalue weighted by atomic mass is 16.3. The number of nitrogens with one attached hydrogen (secondary N) is 2. The third kappa shape index (κ3) is 2.79. The second kappa shape index (κ2) is 5.82. The number of aromatic nitrogens is 3. The van der Waals surface area contributed by atoms with Crippen LogP contribution in [0.1, 0.15) is 38.2 Å². The highest BCUT2D eigenvalue weighted by Crippen LogP contribution is 2.15. The molecule has 0 aromatic carbocycles. The molecule has 2 heterocycles. The predicted molar refractivity (Wildman–Crippen MR) is 70.6 cm³/mol. The van der Waals surface area contributed by atoms with E-state index in [1.54, 1.807) is 0 Å². The van der Waals surface area contributed by atoms with E-state index in [-0.39, 0.29) is 11.7 Å². The number of hydrogen-bond acceptors (Lipinski definition) is 3. The molecule has 0 spiro atoms. The summed E-state index contributed by atoms with van der Waals surface area (Å²) in [5.74, 6) is 0. The molecule has 3 N–H and O–H groups in total. The molecule has 1 atom stereocenters. The third-order valence-corrected chi connectivity index (χ3v) is 3.15. The number of hydrogen-bond donors (Lipinski definition) is 3. The van der Waals surface area contributed by atoms with Gasteiger partial charge in [0, 0.05) is 6.20 Å². The smallest absolute Gasteiger partial charge is 0.275 e. The van der Waals surface area contributed by atoms with Gasteiger partial charge in [0.05, 0.1) is 17.9 Å². The number of aliphatic hydroxyl groups is 1. The van der Waals surface area contributed by atoms with E-state index in [0.717, 1.165) is 43.2 Å². The minimum Gasteiger partial charge on any atom is -0.393 e. The number of fused-ring (bicyclic) bond motifs is 1. The molecule has 0 aliphatic rings. The quantitative estimate of drug-likeness (QED) is 0.729. The molecule has 0 saturated heterocycles. The molecule has 0 fully saturated rings. The van der Waals surface area contributed by atoms with Crippen molar-refractivity contribution in [3.05, 3.63) is 28.4 Å². The lowest BCUT2D eigenvalue weighted by Gasteiger charge is -2.07. The van der Waals surface area contributed by atoms with Crippen LogP contribution in [-0.2, 0) is 6.42 Å². The number of aromatic amines is 2. The highest BCUT2D eigenvalue weighted by molar-refractivity contribution is 5.77. The highest BCUT2D eigenvalue weighted by Gasteiger charge is 2.08. The first-order valence-corrected chi connectivity index (χ1v) is 6.44. The summed E-state index contributed by atoms with van der Waals surface area (Å²) in [4.78, 5) is 21.2. The SMILES string of the molecule is CCCC(O)CCCc1c[nH]c2c(=O)[nH]cnc12. The standard InChI is InChI=1S/C13H19N3O2/c1-2-4-10(17)6-3-5-9-7-14-12-11(9)15-8-16-13(12)18/h7-8,10,14,17H,2-6H2,1H3,(H,15,16,18). The Morgan fingerprint density at radius 3 is 3.00 bits per heavy atom. The average molecular weight is 249 g/mol. The maximum Gasteiger partial charge on any atom is 0.275 e. The molecule has 5 heteroatoms. The van der Waals surface area contributed by atoms with Gasteiger partial charge in [-0.15, -0.1) is 0 Å². The molecule has 0 bridgehead atoms. The maximum absolute atomic E-state index is 11.5. The van der Waals surface area contributed by atoms with E-state index in [9.17, 15) is 9.90 Å². The molecule has 0 saturated carbocycles. The summed E-state index contributed by atoms with van der Waals surface area (Å²) in [6, 6.07) is 0. The molecule has 1 unspecified atom stereocenters. The van der Waals surface area contributed by atoms with Crippen molar-refractivity contribution >= 4 is 11.0 Å². The number of H-pyrrole nitrogens is 2. The van der Waals surface area contributed by atoms with Gasteiger partial charge in [-0.25, -0.2) is 4.98 Å². The Bertz CT molecular complexity index is 559. The third-order valence-electron chi connectivity index (χ3n) is 3.15. The largest absolute Gasteiger partial charge is 0.393 e. The van der Waals surface area contributed by atoms with Crippen LogP contribution >= 0.6 is 0 Å². The molecule has 98 valence electrons. The molecule has 18 heavy (non-hydrogen) atoms. The van der Waals surface area contributed by atoms with E-state index >= 15 is 0 Å². The molecule has 0 aliphatic carbocycles. The first-order valence-electron chi connectivity index (χ1n) is 6.44. The van der Waals surface area contributed by atoms with Crippen LogP contribution in [0.4, 0.5) is 0 Å². The van der Waals surface area contributed by atoms with Crippen LogP contribution in [0.2, 0.25) is 0 Å². The van der Waals surface area contributed by atoms with Crippen molar-refractivity contribution in [2.45, 2.75) is 45.1 Å². The molecule has 0 amide bonds. The maximum atomic E-state index is 11.5. The number of aryl methyl sites for hydroxylation is 1. The molecule has 0 aliphatic heterocycles. The summed E-state index contributed by atoms with van der Waals surface area (Å²) in [6.07, 6.45) is 7.43. The Balaban J connectivity index is 2.00. The van der Waals surface area contributed by atoms with E-state index in [2.05, 4.69) is 21.9 Å². The number of nitrogens with zero attached hydrogens (tertiary/aromatic N) is 1. The zero-order valence-corrected chi connectivity index (χ0v) is 10.6. The summed E-state index contributed by atoms with van der Waals surface area (Å²) in [5, 5.41) is 9.66. The molecule has 0 radical (unpaired) electrons. The van der Waals surface area contributed by atoms with Crippen molar-refractivity contribution in [1.82, 2.24) is 15.0 Å². The summed E-state index contributed by atoms with van der Waals surface area (Å²) in [5.41, 5.74) is 2.17. The Morgan fingerprint density at radius 2 is 2.22 bits per heavy atom. The second-order valence-electron chi connectivity index (χ2n) is 4.60. The van der Waals surface area contributed by atoms with Gasteiger partial charge in [0.1, 0.15) is 5.52 Å². The second-order valence-corrected chi connectivity index (χ2v) is 4.60. The van der Waals surface area contributed by atoms with Crippen LogP contribution in [0, 0.1) is 0 Å². The van der Waals surface area contributed by atoms with Gasteiger partial charge in [0.2, 0.25) is 0 Å². The minimum absolute atomic E-state index is 0.141. The molecule has 2 rings (SSSR count). The van der Waals surface area contributed by atoms with Gasteiger partial charge in [-0.1, -0.05) is 13.3 Å². The van der Waals surface area contributed by atoms with Crippen molar-refractivity contribution in [3.63, 3.8) is 0 Å². The summed E-state index contributed by atoms with van der Waals surface area (Å²) in [6.45, 7) is 2.07. The van der Waals surface area contributed by atoms with Gasteiger partial charge in [-0.2, -0.15) is 0 Å². The van der Waals surface area contributed by atoms with Crippen LogP contribution in [0.25, 0.3) is 11.0 Å². The summed E-state index contributed by atoms with van der Waals surface area (Å²) in [7, 11) is 0. The van der Waals surface area contributed by atoms with Crippen LogP contribution in [-0.4, -0.2) is 26.2 Å². The minimum atomic E-state index is -0.212. The summed E-state index contributed by atoms with van der Waals surface area (Å²) >= 11 is 0. The van der Waals surface area contributed by atoms with Crippen LogP contribution < -0.4 is 5.56 Å². The van der Waals surface area contributed by atoms with Crippen LogP contribution in [0.3, 0.4) is 0 Å². The molecule has 2 aromatic heterocycles. The van der Waals surface area contributed by atoms with Gasteiger partial charge in [0.15, 0.2) is 0 Å². The van der Waals surface area contributed by atoms with Crippen molar-refractivity contribution < 1.29 is 5.11 Å². The molecule has 2 aromatic rings. The van der Waals surface area contributed by atoms with Crippen molar-refractivity contribution in [2.24, 2.45) is 0 Å². The summed E-state index contributed by atoms with van der Waals surface area (Å²) < 4.78 is 0.